The van der Waals surface area contributed by atoms with Gasteiger partial charge in [0.25, 0.3) is 0 Å². The van der Waals surface area contributed by atoms with E-state index >= 15 is 0 Å². The lowest BCUT2D eigenvalue weighted by Gasteiger charge is -2.07. The molecule has 1 atom stereocenters. The van der Waals surface area contributed by atoms with Crippen LogP contribution in [0.1, 0.15) is 33.1 Å². The molecule has 0 saturated carbocycles. The summed E-state index contributed by atoms with van der Waals surface area (Å²) < 4.78 is 0.708. The van der Waals surface area contributed by atoms with Gasteiger partial charge in [-0.15, -0.1) is 5.10 Å². The van der Waals surface area contributed by atoms with E-state index in [2.05, 4.69) is 18.9 Å². The first-order valence-electron chi connectivity index (χ1n) is 5.49. The zero-order valence-electron chi connectivity index (χ0n) is 9.85. The predicted molar refractivity (Wildman–Crippen MR) is 71.5 cm³/mol. The Hall–Kier alpha value is -0.920. The number of carbonyl (C=O) groups excluding carboxylic acids is 1. The van der Waals surface area contributed by atoms with Gasteiger partial charge in [0.05, 0.1) is 6.20 Å². The van der Waals surface area contributed by atoms with Crippen LogP contribution < -0.4 is 10.4 Å². The molecule has 0 aliphatic rings. The Morgan fingerprint density at radius 1 is 1.65 bits per heavy atom. The number of hydrogen-bond acceptors (Lipinski definition) is 4. The number of aromatic nitrogens is 2. The summed E-state index contributed by atoms with van der Waals surface area (Å²) in [4.78, 5) is 28.4. The van der Waals surface area contributed by atoms with Crippen LogP contribution in [0.25, 0.3) is 0 Å². The molecule has 0 N–H and O–H groups in total. The summed E-state index contributed by atoms with van der Waals surface area (Å²) in [6.45, 7) is 4.14. The molecule has 6 heteroatoms. The molecular weight excluding hydrogens is 335 g/mol. The average molecular weight is 350 g/mol. The summed E-state index contributed by atoms with van der Waals surface area (Å²) in [7, 11) is 0. The van der Waals surface area contributed by atoms with Crippen molar-refractivity contribution < 1.29 is 9.63 Å². The standard InChI is InChI=1S/C11H15IN2O3/c1-3-8(2)4-5-11(16)17-14-10(15)6-9(12)7-13-14/h6-8H,3-5H2,1-2H3. The summed E-state index contributed by atoms with van der Waals surface area (Å²) in [6.07, 6.45) is 3.54. The van der Waals surface area contributed by atoms with E-state index in [0.29, 0.717) is 15.9 Å². The van der Waals surface area contributed by atoms with Crippen LogP contribution in [0, 0.1) is 9.49 Å². The quantitative estimate of drug-likeness (QED) is 0.758. The normalized spacial score (nSPS) is 12.2. The van der Waals surface area contributed by atoms with Gasteiger partial charge in [-0.25, -0.2) is 4.79 Å². The third kappa shape index (κ3) is 4.84. The van der Waals surface area contributed by atoms with Crippen LogP contribution >= 0.6 is 22.6 Å². The molecule has 1 unspecified atom stereocenters. The Kier molecular flexibility index (Phi) is 5.60. The van der Waals surface area contributed by atoms with Gasteiger partial charge in [-0.05, 0) is 39.8 Å². The Bertz CT molecular complexity index is 445. The van der Waals surface area contributed by atoms with Gasteiger partial charge in [0.2, 0.25) is 0 Å². The number of carbonyl (C=O) groups is 1. The minimum atomic E-state index is -0.436. The van der Waals surface area contributed by atoms with E-state index in [9.17, 15) is 9.59 Å². The van der Waals surface area contributed by atoms with Crippen molar-refractivity contribution in [2.75, 3.05) is 0 Å². The maximum atomic E-state index is 11.4. The van der Waals surface area contributed by atoms with Crippen molar-refractivity contribution in [3.63, 3.8) is 0 Å². The molecule has 1 aromatic rings. The molecule has 94 valence electrons. The van der Waals surface area contributed by atoms with Crippen molar-refractivity contribution in [1.29, 1.82) is 0 Å². The second kappa shape index (κ2) is 6.73. The lowest BCUT2D eigenvalue weighted by molar-refractivity contribution is -0.146. The van der Waals surface area contributed by atoms with Crippen LogP contribution in [0.15, 0.2) is 17.1 Å². The molecule has 17 heavy (non-hydrogen) atoms. The highest BCUT2D eigenvalue weighted by molar-refractivity contribution is 14.1. The van der Waals surface area contributed by atoms with Crippen molar-refractivity contribution >= 4 is 28.6 Å². The number of hydrogen-bond donors (Lipinski definition) is 0. The van der Waals surface area contributed by atoms with E-state index < -0.39 is 11.5 Å². The van der Waals surface area contributed by atoms with Gasteiger partial charge in [0, 0.05) is 16.1 Å². The van der Waals surface area contributed by atoms with Gasteiger partial charge >= 0.3 is 11.5 Å². The van der Waals surface area contributed by atoms with Crippen LogP contribution in [0.2, 0.25) is 0 Å². The summed E-state index contributed by atoms with van der Waals surface area (Å²) >= 11 is 1.97. The highest BCUT2D eigenvalue weighted by atomic mass is 127. The second-order valence-electron chi connectivity index (χ2n) is 3.90. The zero-order valence-corrected chi connectivity index (χ0v) is 12.0. The SMILES string of the molecule is CCC(C)CCC(=O)On1ncc(I)cc1=O. The molecule has 1 heterocycles. The Labute approximate surface area is 113 Å². The molecule has 0 fully saturated rings. The maximum Gasteiger partial charge on any atom is 0.335 e. The van der Waals surface area contributed by atoms with E-state index in [1.807, 2.05) is 22.6 Å². The van der Waals surface area contributed by atoms with Gasteiger partial charge in [-0.1, -0.05) is 20.3 Å². The first-order chi connectivity index (χ1) is 8.02. The number of halogens is 1. The molecule has 1 aromatic heterocycles. The molecule has 0 bridgehead atoms. The van der Waals surface area contributed by atoms with Gasteiger partial charge in [0.15, 0.2) is 0 Å². The largest absolute Gasteiger partial charge is 0.335 e. The molecule has 5 nitrogen and oxygen atoms in total. The Balaban J connectivity index is 2.54. The fourth-order valence-electron chi connectivity index (χ4n) is 1.15. The van der Waals surface area contributed by atoms with Crippen LogP contribution in [-0.4, -0.2) is 15.9 Å². The zero-order chi connectivity index (χ0) is 12.8. The molecule has 0 aromatic carbocycles. The van der Waals surface area contributed by atoms with Crippen LogP contribution in [0.4, 0.5) is 0 Å². The third-order valence-electron chi connectivity index (χ3n) is 2.46. The van der Waals surface area contributed by atoms with E-state index in [1.54, 1.807) is 0 Å². The fourth-order valence-corrected chi connectivity index (χ4v) is 1.54. The smallest absolute Gasteiger partial charge is 0.316 e. The molecule has 0 aliphatic carbocycles. The Morgan fingerprint density at radius 2 is 2.35 bits per heavy atom. The van der Waals surface area contributed by atoms with Crippen molar-refractivity contribution in [1.82, 2.24) is 9.94 Å². The molecule has 0 spiro atoms. The maximum absolute atomic E-state index is 11.4. The first-order valence-corrected chi connectivity index (χ1v) is 6.57. The molecular formula is C11H15IN2O3. The molecule has 0 aliphatic heterocycles. The van der Waals surface area contributed by atoms with Gasteiger partial charge in [0.1, 0.15) is 0 Å². The lowest BCUT2D eigenvalue weighted by atomic mass is 10.0. The molecule has 1 rings (SSSR count). The minimum Gasteiger partial charge on any atom is -0.316 e. The van der Waals surface area contributed by atoms with Crippen LogP contribution in [0.3, 0.4) is 0 Å². The highest BCUT2D eigenvalue weighted by Crippen LogP contribution is 2.08. The summed E-state index contributed by atoms with van der Waals surface area (Å²) in [5.41, 5.74) is -0.436. The summed E-state index contributed by atoms with van der Waals surface area (Å²) in [6, 6.07) is 1.36. The van der Waals surface area contributed by atoms with E-state index in [1.165, 1.54) is 12.3 Å². The average Bonchev–Trinajstić information content (AvgIpc) is 2.29. The lowest BCUT2D eigenvalue weighted by Crippen LogP contribution is -2.32. The third-order valence-corrected chi connectivity index (χ3v) is 3.05. The van der Waals surface area contributed by atoms with E-state index in [4.69, 9.17) is 4.84 Å². The Morgan fingerprint density at radius 3 is 2.94 bits per heavy atom. The van der Waals surface area contributed by atoms with Crippen molar-refractivity contribution in [3.05, 3.63) is 26.2 Å². The second-order valence-corrected chi connectivity index (χ2v) is 5.15. The monoisotopic (exact) mass is 350 g/mol. The van der Waals surface area contributed by atoms with Gasteiger partial charge in [-0.3, -0.25) is 4.79 Å². The highest BCUT2D eigenvalue weighted by Gasteiger charge is 2.09. The number of rotatable bonds is 5. The first kappa shape index (κ1) is 14.1. The van der Waals surface area contributed by atoms with Crippen LogP contribution in [0.5, 0.6) is 0 Å². The molecule has 0 amide bonds. The van der Waals surface area contributed by atoms with E-state index in [-0.39, 0.29) is 0 Å². The van der Waals surface area contributed by atoms with Crippen molar-refractivity contribution in [3.8, 4) is 0 Å². The van der Waals surface area contributed by atoms with Gasteiger partial charge in [-0.2, -0.15) is 0 Å². The van der Waals surface area contributed by atoms with Crippen LogP contribution in [-0.2, 0) is 4.79 Å². The topological polar surface area (TPSA) is 61.2 Å². The van der Waals surface area contributed by atoms with Crippen molar-refractivity contribution in [2.24, 2.45) is 5.92 Å². The molecule has 0 saturated heterocycles. The molecule has 0 radical (unpaired) electrons. The van der Waals surface area contributed by atoms with E-state index in [0.717, 1.165) is 17.7 Å². The predicted octanol–water partition coefficient (Wildman–Crippen LogP) is 1.63. The summed E-state index contributed by atoms with van der Waals surface area (Å²) in [5.74, 6) is 0.0464. The minimum absolute atomic E-state index is 0.301. The summed E-state index contributed by atoms with van der Waals surface area (Å²) in [5, 5.41) is 3.72. The van der Waals surface area contributed by atoms with Crippen molar-refractivity contribution in [2.45, 2.75) is 33.1 Å². The number of nitrogens with zero attached hydrogens (tertiary/aromatic N) is 2. The van der Waals surface area contributed by atoms with Gasteiger partial charge < -0.3 is 4.84 Å². The fraction of sp³-hybridized carbons (Fsp3) is 0.545.